The number of fused-ring (bicyclic) bond motifs is 1. The Bertz CT molecular complexity index is 1260. The van der Waals surface area contributed by atoms with Gasteiger partial charge in [-0.3, -0.25) is 9.59 Å². The normalized spacial score (nSPS) is 12.4. The summed E-state index contributed by atoms with van der Waals surface area (Å²) in [7, 11) is 0. The molecule has 2 heterocycles. The van der Waals surface area contributed by atoms with Gasteiger partial charge in [-0.05, 0) is 63.6 Å². The van der Waals surface area contributed by atoms with Crippen molar-refractivity contribution in [3.8, 4) is 11.5 Å². The summed E-state index contributed by atoms with van der Waals surface area (Å²) in [6.45, 7) is 7.33. The van der Waals surface area contributed by atoms with E-state index in [1.807, 2.05) is 19.9 Å². The van der Waals surface area contributed by atoms with E-state index in [1.165, 1.54) is 28.8 Å². The number of aryl methyl sites for hydroxylation is 2. The molecule has 2 aromatic carbocycles. The molecule has 3 aromatic rings. The van der Waals surface area contributed by atoms with Gasteiger partial charge in [0.15, 0.2) is 16.7 Å². The molecule has 36 heavy (non-hydrogen) atoms. The van der Waals surface area contributed by atoms with Crippen molar-refractivity contribution in [2.75, 3.05) is 17.9 Å². The SMILES string of the molecule is Cc1cc(C)nc(SCC(=O)N(Cc2ccc(F)cc2)C(C)(C)C(=O)Nc2ccc3c(c2)OCO3)n1. The number of ether oxygens (including phenoxy) is 2. The summed E-state index contributed by atoms with van der Waals surface area (Å²) in [5.41, 5.74) is 1.59. The number of hydrogen-bond donors (Lipinski definition) is 1. The summed E-state index contributed by atoms with van der Waals surface area (Å²) in [5.74, 6) is 0.132. The summed E-state index contributed by atoms with van der Waals surface area (Å²) in [6.07, 6.45) is 0. The van der Waals surface area contributed by atoms with E-state index < -0.39 is 5.54 Å². The predicted molar refractivity (Wildman–Crippen MR) is 134 cm³/mol. The lowest BCUT2D eigenvalue weighted by molar-refractivity contribution is -0.142. The van der Waals surface area contributed by atoms with Gasteiger partial charge in [-0.1, -0.05) is 23.9 Å². The first-order chi connectivity index (χ1) is 17.1. The molecule has 0 radical (unpaired) electrons. The van der Waals surface area contributed by atoms with Crippen LogP contribution >= 0.6 is 11.8 Å². The summed E-state index contributed by atoms with van der Waals surface area (Å²) < 4.78 is 24.2. The summed E-state index contributed by atoms with van der Waals surface area (Å²) >= 11 is 1.21. The highest BCUT2D eigenvalue weighted by atomic mass is 32.2. The first-order valence-corrected chi connectivity index (χ1v) is 12.3. The van der Waals surface area contributed by atoms with Gasteiger partial charge in [-0.2, -0.15) is 0 Å². The Morgan fingerprint density at radius 3 is 2.39 bits per heavy atom. The number of carbonyl (C=O) groups is 2. The fraction of sp³-hybridized carbons (Fsp3) is 0.308. The van der Waals surface area contributed by atoms with Crippen molar-refractivity contribution in [1.29, 1.82) is 0 Å². The smallest absolute Gasteiger partial charge is 0.249 e. The average molecular weight is 511 g/mol. The molecule has 0 bridgehead atoms. The number of aromatic nitrogens is 2. The molecule has 0 atom stereocenters. The molecular formula is C26H27FN4O4S. The minimum atomic E-state index is -1.24. The molecule has 1 N–H and O–H groups in total. The van der Waals surface area contributed by atoms with Crippen LogP contribution in [0.2, 0.25) is 0 Å². The zero-order valence-electron chi connectivity index (χ0n) is 20.5. The van der Waals surface area contributed by atoms with Crippen molar-refractivity contribution in [1.82, 2.24) is 14.9 Å². The molecule has 1 aliphatic heterocycles. The van der Waals surface area contributed by atoms with E-state index in [4.69, 9.17) is 9.47 Å². The van der Waals surface area contributed by atoms with Crippen LogP contribution in [0.3, 0.4) is 0 Å². The van der Waals surface area contributed by atoms with Gasteiger partial charge in [0.1, 0.15) is 11.4 Å². The number of thioether (sulfide) groups is 1. The summed E-state index contributed by atoms with van der Waals surface area (Å²) in [5, 5.41) is 3.36. The number of amides is 2. The van der Waals surface area contributed by atoms with E-state index in [9.17, 15) is 14.0 Å². The maximum absolute atomic E-state index is 13.5. The van der Waals surface area contributed by atoms with Gasteiger partial charge in [0, 0.05) is 29.7 Å². The van der Waals surface area contributed by atoms with Gasteiger partial charge in [0.25, 0.3) is 0 Å². The van der Waals surface area contributed by atoms with Gasteiger partial charge >= 0.3 is 0 Å². The second-order valence-corrected chi connectivity index (χ2v) is 9.85. The first kappa shape index (κ1) is 25.4. The van der Waals surface area contributed by atoms with Crippen LogP contribution < -0.4 is 14.8 Å². The van der Waals surface area contributed by atoms with E-state index in [2.05, 4.69) is 15.3 Å². The van der Waals surface area contributed by atoms with Gasteiger partial charge in [-0.15, -0.1) is 0 Å². The van der Waals surface area contributed by atoms with Crippen molar-refractivity contribution in [2.24, 2.45) is 0 Å². The minimum Gasteiger partial charge on any atom is -0.454 e. The van der Waals surface area contributed by atoms with E-state index in [1.54, 1.807) is 44.2 Å². The van der Waals surface area contributed by atoms with Crippen LogP contribution in [0.25, 0.3) is 0 Å². The highest BCUT2D eigenvalue weighted by molar-refractivity contribution is 7.99. The second kappa shape index (κ2) is 10.5. The maximum atomic E-state index is 13.5. The lowest BCUT2D eigenvalue weighted by Crippen LogP contribution is -2.55. The Labute approximate surface area is 213 Å². The third-order valence-electron chi connectivity index (χ3n) is 5.70. The molecule has 2 amide bonds. The third-order valence-corrected chi connectivity index (χ3v) is 6.53. The molecule has 0 fully saturated rings. The lowest BCUT2D eigenvalue weighted by atomic mass is 9.99. The Morgan fingerprint density at radius 2 is 1.69 bits per heavy atom. The molecule has 1 aromatic heterocycles. The number of benzene rings is 2. The van der Waals surface area contributed by atoms with Gasteiger partial charge < -0.3 is 19.7 Å². The monoisotopic (exact) mass is 510 g/mol. The molecule has 1 aliphatic rings. The van der Waals surface area contributed by atoms with E-state index >= 15 is 0 Å². The molecule has 4 rings (SSSR count). The van der Waals surface area contributed by atoms with Crippen LogP contribution in [0, 0.1) is 19.7 Å². The number of hydrogen-bond acceptors (Lipinski definition) is 7. The Balaban J connectivity index is 1.55. The topological polar surface area (TPSA) is 93.7 Å². The molecule has 0 aliphatic carbocycles. The molecule has 0 unspecified atom stereocenters. The molecule has 8 nitrogen and oxygen atoms in total. The predicted octanol–water partition coefficient (Wildman–Crippen LogP) is 4.50. The van der Waals surface area contributed by atoms with Crippen LogP contribution in [0.15, 0.2) is 53.7 Å². The van der Waals surface area contributed by atoms with Crippen LogP contribution in [0.1, 0.15) is 30.8 Å². The van der Waals surface area contributed by atoms with Gasteiger partial charge in [-0.25, -0.2) is 14.4 Å². The van der Waals surface area contributed by atoms with Crippen molar-refractivity contribution < 1.29 is 23.5 Å². The van der Waals surface area contributed by atoms with Gasteiger partial charge in [0.05, 0.1) is 5.75 Å². The molecule has 188 valence electrons. The highest BCUT2D eigenvalue weighted by Crippen LogP contribution is 2.34. The standard InChI is InChI=1S/C26H27FN4O4S/c1-16-11-17(2)29-25(28-16)36-14-23(32)31(13-18-5-7-19(27)8-6-18)26(3,4)24(33)30-20-9-10-21-22(12-20)35-15-34-21/h5-12H,13-15H2,1-4H3,(H,30,33). The maximum Gasteiger partial charge on any atom is 0.249 e. The molecule has 10 heteroatoms. The zero-order valence-corrected chi connectivity index (χ0v) is 21.3. The average Bonchev–Trinajstić information content (AvgIpc) is 3.29. The fourth-order valence-corrected chi connectivity index (χ4v) is 4.54. The van der Waals surface area contributed by atoms with Crippen LogP contribution in [-0.2, 0) is 16.1 Å². The Morgan fingerprint density at radius 1 is 1.03 bits per heavy atom. The fourth-order valence-electron chi connectivity index (χ4n) is 3.71. The molecular weight excluding hydrogens is 483 g/mol. The minimum absolute atomic E-state index is 0.0326. The number of rotatable bonds is 8. The van der Waals surface area contributed by atoms with Crippen LogP contribution in [0.4, 0.5) is 10.1 Å². The van der Waals surface area contributed by atoms with Crippen LogP contribution in [0.5, 0.6) is 11.5 Å². The second-order valence-electron chi connectivity index (χ2n) is 8.91. The molecule has 0 spiro atoms. The Kier molecular flexibility index (Phi) is 7.44. The third kappa shape index (κ3) is 5.93. The molecule has 0 saturated heterocycles. The van der Waals surface area contributed by atoms with E-state index in [-0.39, 0.29) is 36.7 Å². The number of carbonyl (C=O) groups excluding carboxylic acids is 2. The summed E-state index contributed by atoms with van der Waals surface area (Å²) in [6, 6.07) is 12.8. The van der Waals surface area contributed by atoms with E-state index in [0.29, 0.717) is 27.9 Å². The first-order valence-electron chi connectivity index (χ1n) is 11.3. The highest BCUT2D eigenvalue weighted by Gasteiger charge is 2.38. The van der Waals surface area contributed by atoms with Crippen molar-refractivity contribution in [3.63, 3.8) is 0 Å². The number of anilines is 1. The van der Waals surface area contributed by atoms with Crippen LogP contribution in [-0.4, -0.2) is 44.8 Å². The largest absolute Gasteiger partial charge is 0.454 e. The quantitative estimate of drug-likeness (QED) is 0.352. The van der Waals surface area contributed by atoms with Crippen molar-refractivity contribution >= 4 is 29.3 Å². The number of nitrogens with one attached hydrogen (secondary N) is 1. The lowest BCUT2D eigenvalue weighted by Gasteiger charge is -2.37. The zero-order chi connectivity index (χ0) is 25.9. The summed E-state index contributed by atoms with van der Waals surface area (Å²) in [4.78, 5) is 37.1. The van der Waals surface area contributed by atoms with Crippen molar-refractivity contribution in [3.05, 3.63) is 71.3 Å². The molecule has 0 saturated carbocycles. The van der Waals surface area contributed by atoms with Crippen molar-refractivity contribution in [2.45, 2.75) is 44.9 Å². The Hall–Kier alpha value is -3.66. The number of halogens is 1. The number of nitrogens with zero attached hydrogens (tertiary/aromatic N) is 3. The van der Waals surface area contributed by atoms with Gasteiger partial charge in [0.2, 0.25) is 18.6 Å². The van der Waals surface area contributed by atoms with E-state index in [0.717, 1.165) is 11.4 Å².